The number of methoxy groups -OCH3 is 3. The van der Waals surface area contributed by atoms with Gasteiger partial charge in [-0.1, -0.05) is 81.4 Å². The van der Waals surface area contributed by atoms with E-state index in [4.69, 9.17) is 72.9 Å². The van der Waals surface area contributed by atoms with Crippen molar-refractivity contribution in [3.63, 3.8) is 0 Å². The minimum atomic E-state index is -2.48. The summed E-state index contributed by atoms with van der Waals surface area (Å²) in [5.74, 6) is -7.96. The molecule has 1 aliphatic carbocycles. The summed E-state index contributed by atoms with van der Waals surface area (Å²) in [6, 6.07) is 5.59. The average molecular weight is 1790 g/mol. The van der Waals surface area contributed by atoms with Crippen LogP contribution in [0, 0.1) is 35.5 Å². The number of phenolic OH excluding ortho intramolecular Hbond substituents is 1. The van der Waals surface area contributed by atoms with Gasteiger partial charge in [0.2, 0.25) is 17.6 Å². The lowest BCUT2D eigenvalue weighted by molar-refractivity contribution is -0.265. The third-order valence-corrected chi connectivity index (χ3v) is 24.1. The number of nitrogens with one attached hydrogen (secondary N) is 3. The van der Waals surface area contributed by atoms with Crippen LogP contribution >= 0.6 is 0 Å². The van der Waals surface area contributed by atoms with Crippen molar-refractivity contribution < 1.29 is 106 Å². The molecule has 35 nitrogen and oxygen atoms in total. The summed E-state index contributed by atoms with van der Waals surface area (Å²) in [7, 11) is 4.64. The van der Waals surface area contributed by atoms with Gasteiger partial charge in [0.1, 0.15) is 65.8 Å². The monoisotopic (exact) mass is 1790 g/mol. The highest BCUT2D eigenvalue weighted by Gasteiger charge is 2.53. The Bertz CT molecular complexity index is 4550. The Morgan fingerprint density at radius 3 is 2.20 bits per heavy atom. The molecule has 2 saturated heterocycles. The number of oxime groups is 1. The Morgan fingerprint density at radius 2 is 1.49 bits per heavy atom. The molecule has 35 heteroatoms. The number of unbranched alkanes of at least 4 members (excludes halogenated alkanes) is 1. The van der Waals surface area contributed by atoms with Gasteiger partial charge in [-0.05, 0) is 171 Å². The lowest BCUT2D eigenvalue weighted by Gasteiger charge is -2.42. The maximum atomic E-state index is 15.2. The van der Waals surface area contributed by atoms with E-state index in [0.29, 0.717) is 183 Å². The SMILES string of the molecule is CO[C@H]1C[C@@H]2CC[C@@H](C)[C@@](O)(O2)C(=O)C(=O)N2CCCC[C@H]2C(=O)O[C@H]([C@H](C)C[C@@H]2CC[C@H](n3cc(COC(=O)CCCOCCOCCOCCC(=O)NCCOCCOCCC(=O)NCCCCn4nc(-c5cc6cc(O)ccc6[nH]5)c5c(N)ncnc54)nn3)[C@H](OC)C2)C/C(=N/OC(C)(C)C)[C@H](C)/C=C(\C)[C@@H](O)[C@@H](OC)C(=O)[C@H](C)C[C@H](C)/C=C/C=C/C=C/1C. The Kier molecular flexibility index (Phi) is 41.1. The van der Waals surface area contributed by atoms with Gasteiger partial charge in [-0.2, -0.15) is 5.10 Å². The molecule has 0 radical (unpaired) electrons. The highest BCUT2D eigenvalue weighted by molar-refractivity contribution is 6.39. The number of phenols is 1. The molecule has 2 bridgehead atoms. The number of nitrogen functional groups attached to an aromatic ring is 1. The zero-order valence-corrected chi connectivity index (χ0v) is 77.0. The van der Waals surface area contributed by atoms with Crippen LogP contribution in [0.4, 0.5) is 5.82 Å². The normalized spacial score (nSPS) is 26.7. The first-order valence-electron chi connectivity index (χ1n) is 45.4. The van der Waals surface area contributed by atoms with Crippen LogP contribution in [0.2, 0.25) is 0 Å². The van der Waals surface area contributed by atoms with Crippen molar-refractivity contribution in [2.45, 2.75) is 258 Å². The third kappa shape index (κ3) is 31.0. The summed E-state index contributed by atoms with van der Waals surface area (Å²) >= 11 is 0. The average Bonchev–Trinajstić information content (AvgIpc) is 1.48. The van der Waals surface area contributed by atoms with E-state index in [-0.39, 0.29) is 112 Å². The van der Waals surface area contributed by atoms with Crippen molar-refractivity contribution in [1.29, 1.82) is 0 Å². The van der Waals surface area contributed by atoms with E-state index in [0.717, 1.165) is 35.0 Å². The Morgan fingerprint density at radius 1 is 0.781 bits per heavy atom. The first-order chi connectivity index (χ1) is 61.4. The molecule has 3 fully saturated rings. The number of carbonyl (C=O) groups excluding carboxylic acids is 7. The van der Waals surface area contributed by atoms with Crippen molar-refractivity contribution in [2.24, 2.45) is 40.7 Å². The number of esters is 2. The van der Waals surface area contributed by atoms with Crippen LogP contribution in [0.1, 0.15) is 197 Å². The van der Waals surface area contributed by atoms with Gasteiger partial charge in [0.15, 0.2) is 11.4 Å². The van der Waals surface area contributed by atoms with E-state index in [2.05, 4.69) is 35.9 Å². The quantitative estimate of drug-likeness (QED) is 0.00634. The van der Waals surface area contributed by atoms with Crippen LogP contribution in [0.3, 0.4) is 0 Å². The number of carbonyl (C=O) groups is 7. The molecule has 15 atom stereocenters. The van der Waals surface area contributed by atoms with Crippen LogP contribution in [0.15, 0.2) is 89.5 Å². The number of ketones is 2. The summed E-state index contributed by atoms with van der Waals surface area (Å²) in [5, 5.41) is 59.7. The van der Waals surface area contributed by atoms with Gasteiger partial charge in [-0.25, -0.2) is 24.1 Å². The van der Waals surface area contributed by atoms with Crippen LogP contribution in [-0.4, -0.2) is 268 Å². The van der Waals surface area contributed by atoms with E-state index in [9.17, 15) is 44.1 Å². The van der Waals surface area contributed by atoms with Crippen LogP contribution in [0.25, 0.3) is 33.3 Å². The number of cyclic esters (lactones) is 1. The fourth-order valence-electron chi connectivity index (χ4n) is 16.7. The number of H-pyrrole nitrogens is 1. The molecule has 0 spiro atoms. The molecule has 0 unspecified atom stereocenters. The molecule has 5 aromatic rings. The van der Waals surface area contributed by atoms with Crippen molar-refractivity contribution in [3.05, 3.63) is 90.1 Å². The molecule has 4 aromatic heterocycles. The van der Waals surface area contributed by atoms with E-state index >= 15 is 4.79 Å². The first kappa shape index (κ1) is 102. The van der Waals surface area contributed by atoms with Gasteiger partial charge in [-0.3, -0.25) is 28.8 Å². The van der Waals surface area contributed by atoms with Gasteiger partial charge >= 0.3 is 11.9 Å². The second kappa shape index (κ2) is 51.4. The number of aryl methyl sites for hydroxylation is 1. The number of benzene rings is 1. The smallest absolute Gasteiger partial charge is 0.329 e. The topological polar surface area (TPSA) is 447 Å². The molecule has 4 aliphatic rings. The van der Waals surface area contributed by atoms with E-state index in [1.807, 2.05) is 97.9 Å². The zero-order chi connectivity index (χ0) is 92.5. The van der Waals surface area contributed by atoms with Gasteiger partial charge in [-0.15, -0.1) is 5.10 Å². The van der Waals surface area contributed by atoms with Crippen molar-refractivity contribution in [2.75, 3.05) is 113 Å². The third-order valence-electron chi connectivity index (χ3n) is 24.1. The highest BCUT2D eigenvalue weighted by Crippen LogP contribution is 2.41. The van der Waals surface area contributed by atoms with Crippen LogP contribution in [-0.2, 0) is 104 Å². The first-order valence-corrected chi connectivity index (χ1v) is 45.4. The second-order valence-electron chi connectivity index (χ2n) is 35.3. The predicted octanol–water partition coefficient (Wildman–Crippen LogP) is 10.2. The van der Waals surface area contributed by atoms with Gasteiger partial charge < -0.3 is 98.5 Å². The fourth-order valence-corrected chi connectivity index (χ4v) is 16.7. The minimum Gasteiger partial charge on any atom is -0.508 e. The molecule has 1 saturated carbocycles. The Balaban J connectivity index is 0.662. The number of aliphatic hydroxyl groups is 2. The molecule has 7 heterocycles. The van der Waals surface area contributed by atoms with Gasteiger partial charge in [0, 0.05) is 115 Å². The van der Waals surface area contributed by atoms with E-state index < -0.39 is 89.3 Å². The summed E-state index contributed by atoms with van der Waals surface area (Å²) in [6.07, 6.45) is 17.6. The number of aromatic hydroxyl groups is 1. The summed E-state index contributed by atoms with van der Waals surface area (Å²) in [6.45, 7) is 22.9. The number of allylic oxidation sites excluding steroid dienone is 6. The zero-order valence-electron chi connectivity index (χ0n) is 77.0. The number of anilines is 1. The van der Waals surface area contributed by atoms with Crippen molar-refractivity contribution >= 4 is 74.7 Å². The summed E-state index contributed by atoms with van der Waals surface area (Å²) in [4.78, 5) is 116. The maximum absolute atomic E-state index is 15.2. The minimum absolute atomic E-state index is 0.0118. The maximum Gasteiger partial charge on any atom is 0.329 e. The highest BCUT2D eigenvalue weighted by atomic mass is 16.7. The number of piperidine rings is 1. The Hall–Kier alpha value is -9.27. The summed E-state index contributed by atoms with van der Waals surface area (Å²) < 4.78 is 68.0. The van der Waals surface area contributed by atoms with Crippen LogP contribution in [0.5, 0.6) is 5.75 Å². The molecular formula is C93H139N13O22. The van der Waals surface area contributed by atoms with E-state index in [1.165, 1.54) is 18.3 Å². The number of ether oxygens (including phenoxy) is 11. The Labute approximate surface area is 751 Å². The molecular weight excluding hydrogens is 1650 g/mol. The molecule has 1 aromatic carbocycles. The number of nitrogens with two attached hydrogens (primary N) is 1. The molecule has 708 valence electrons. The molecule has 8 N–H and O–H groups in total. The molecule has 9 rings (SSSR count). The molecule has 128 heavy (non-hydrogen) atoms. The lowest BCUT2D eigenvalue weighted by Crippen LogP contribution is -2.61. The predicted molar refractivity (Wildman–Crippen MR) is 478 cm³/mol. The van der Waals surface area contributed by atoms with Crippen molar-refractivity contribution in [3.8, 4) is 17.1 Å². The molecule has 3 amide bonds. The number of amides is 3. The lowest BCUT2D eigenvalue weighted by atomic mass is 9.77. The number of aliphatic hydroxyl groups excluding tert-OH is 1. The van der Waals surface area contributed by atoms with Gasteiger partial charge in [0.05, 0.1) is 107 Å². The number of hydrogen-bond acceptors (Lipinski definition) is 29. The number of Topliss-reactive ketones (excluding diaryl/α,β-unsaturated/α-hetero) is 2. The fraction of sp³-hybridized carbons (Fsp3) is 0.667. The van der Waals surface area contributed by atoms with Crippen molar-refractivity contribution in [1.82, 2.24) is 55.3 Å². The second-order valence-corrected chi connectivity index (χ2v) is 35.3. The largest absolute Gasteiger partial charge is 0.508 e. The summed E-state index contributed by atoms with van der Waals surface area (Å²) in [5.41, 5.74) is 10.6. The number of rotatable bonds is 38. The van der Waals surface area contributed by atoms with E-state index in [1.54, 1.807) is 61.8 Å². The van der Waals surface area contributed by atoms with Gasteiger partial charge in [0.25, 0.3) is 11.7 Å². The van der Waals surface area contributed by atoms with Crippen LogP contribution < -0.4 is 16.4 Å². The number of aromatic amines is 1. The standard InChI is InChI=1S/C93H139N13O22/c1-59-22-15-14-16-23-60(2)76(117-11)54-70-29-26-65(7)93(116,127-70)87(113)90(114)104-36-19-17-24-75(104)91(115)126-77(55-72(102-128-92(8,9)10)61(3)49-64(6)85(112)86(119-13)84(111)63(5)48-59)62(4)50-66-27-31-74(78(51-66)118-12)106-56-68(100-103-106)57-125-81(110)25-21-38-120-42-46-124-47-44-122-40-33-80(109)96-35-41-123-45-43-121-39-32-79(108)95-34-18-20-37-105-89-82(88(94)97-58-98-89)83(101-105)73-53-67-52-69(107)28-30-71(67)99-73/h14-16,22-23,28,30,49,52-53,56,58-59,61-63,65-66,70,74-78,85-86,99,107,112,116H,17-21,24-27,29,31-48,50-51,54-55,57H2,1-13H3,(H,95,108)(H,96,109)(H2,94,97,98)/b16-14+,22-15+,60-23+,64-49+,102-72-/t59-,61-,62-,63-,65-,66+,70+,74+,75+,76+,77+,78-,85-,86+,93-/m1/s1. The number of fused-ring (bicyclic) bond motifs is 5. The molecule has 3 aliphatic heterocycles. The number of nitrogens with zero attached hydrogens (tertiary/aromatic N) is 9. The number of hydrogen-bond donors (Lipinski definition) is 7. The number of aromatic nitrogens is 8.